The van der Waals surface area contributed by atoms with Crippen molar-refractivity contribution < 1.29 is 17.9 Å². The van der Waals surface area contributed by atoms with Crippen molar-refractivity contribution in [3.63, 3.8) is 0 Å². The lowest BCUT2D eigenvalue weighted by Gasteiger charge is -2.31. The molecule has 1 atom stereocenters. The van der Waals surface area contributed by atoms with E-state index < -0.39 is 15.9 Å². The topological polar surface area (TPSA) is 102 Å². The summed E-state index contributed by atoms with van der Waals surface area (Å²) in [5.74, 6) is -0.0983. The number of hydrogen-bond acceptors (Lipinski definition) is 5. The third kappa shape index (κ3) is 4.76. The summed E-state index contributed by atoms with van der Waals surface area (Å²) >= 11 is 0. The van der Waals surface area contributed by atoms with Gasteiger partial charge in [-0.15, -0.1) is 12.4 Å². The number of rotatable bonds is 5. The lowest BCUT2D eigenvalue weighted by Crippen LogP contribution is -2.43. The third-order valence-electron chi connectivity index (χ3n) is 4.63. The molecule has 1 aliphatic heterocycles. The Labute approximate surface area is 171 Å². The van der Waals surface area contributed by atoms with Crippen LogP contribution in [-0.2, 0) is 14.8 Å². The number of nitrogen functional groups attached to an aromatic ring is 1. The molecule has 1 unspecified atom stereocenters. The molecule has 0 aromatic heterocycles. The number of amides is 1. The molecule has 2 aromatic carbocycles. The van der Waals surface area contributed by atoms with Gasteiger partial charge in [0.15, 0.2) is 0 Å². The van der Waals surface area contributed by atoms with Gasteiger partial charge >= 0.3 is 0 Å². The fourth-order valence-corrected chi connectivity index (χ4v) is 4.72. The quantitative estimate of drug-likeness (QED) is 0.717. The monoisotopic (exact) mass is 425 g/mol. The molecule has 0 spiro atoms. The van der Waals surface area contributed by atoms with E-state index in [2.05, 4.69) is 5.32 Å². The third-order valence-corrected chi connectivity index (χ3v) is 6.51. The first-order chi connectivity index (χ1) is 12.9. The molecule has 7 nitrogen and oxygen atoms in total. The van der Waals surface area contributed by atoms with Crippen LogP contribution in [0.4, 0.5) is 11.4 Å². The predicted octanol–water partition coefficient (Wildman–Crippen LogP) is 2.74. The molecule has 28 heavy (non-hydrogen) atoms. The minimum absolute atomic E-state index is 0. The van der Waals surface area contributed by atoms with Crippen molar-refractivity contribution in [3.05, 3.63) is 48.5 Å². The normalized spacial score (nSPS) is 17.4. The Bertz CT molecular complexity index is 922. The Hall–Kier alpha value is -2.29. The highest BCUT2D eigenvalue weighted by Crippen LogP contribution is 2.27. The van der Waals surface area contributed by atoms with E-state index in [-0.39, 0.29) is 29.8 Å². The van der Waals surface area contributed by atoms with Crippen LogP contribution in [0.2, 0.25) is 0 Å². The molecule has 2 aromatic rings. The van der Waals surface area contributed by atoms with Crippen molar-refractivity contribution in [2.75, 3.05) is 31.2 Å². The maximum absolute atomic E-state index is 12.8. The molecule has 1 saturated heterocycles. The van der Waals surface area contributed by atoms with Crippen molar-refractivity contribution in [2.45, 2.75) is 17.7 Å². The first kappa shape index (κ1) is 22.0. The van der Waals surface area contributed by atoms with Crippen LogP contribution in [0.5, 0.6) is 5.75 Å². The van der Waals surface area contributed by atoms with Gasteiger partial charge < -0.3 is 15.8 Å². The van der Waals surface area contributed by atoms with E-state index in [1.165, 1.54) is 11.4 Å². The number of sulfonamides is 1. The summed E-state index contributed by atoms with van der Waals surface area (Å²) in [6, 6.07) is 13.3. The Morgan fingerprint density at radius 1 is 1.21 bits per heavy atom. The van der Waals surface area contributed by atoms with E-state index in [1.54, 1.807) is 48.5 Å². The SMILES string of the molecule is COc1ccc(NC(=O)C2CCCN(S(=O)(=O)c3ccccc3)C2)cc1N.Cl. The number of nitrogens with one attached hydrogen (secondary N) is 1. The molecular formula is C19H24ClN3O4S. The molecule has 0 saturated carbocycles. The first-order valence-corrected chi connectivity index (χ1v) is 10.2. The molecule has 0 aliphatic carbocycles. The summed E-state index contributed by atoms with van der Waals surface area (Å²) in [4.78, 5) is 12.9. The number of benzene rings is 2. The van der Waals surface area contributed by atoms with E-state index >= 15 is 0 Å². The number of carbonyl (C=O) groups excluding carboxylic acids is 1. The van der Waals surface area contributed by atoms with Crippen molar-refractivity contribution in [2.24, 2.45) is 5.92 Å². The van der Waals surface area contributed by atoms with Crippen LogP contribution in [0.3, 0.4) is 0 Å². The highest BCUT2D eigenvalue weighted by molar-refractivity contribution is 7.89. The molecule has 9 heteroatoms. The van der Waals surface area contributed by atoms with E-state index in [4.69, 9.17) is 10.5 Å². The zero-order valence-electron chi connectivity index (χ0n) is 15.5. The smallest absolute Gasteiger partial charge is 0.243 e. The van der Waals surface area contributed by atoms with Crippen LogP contribution >= 0.6 is 12.4 Å². The highest BCUT2D eigenvalue weighted by Gasteiger charge is 2.33. The van der Waals surface area contributed by atoms with Gasteiger partial charge in [-0.1, -0.05) is 18.2 Å². The lowest BCUT2D eigenvalue weighted by atomic mass is 9.98. The molecule has 3 rings (SSSR count). The fourth-order valence-electron chi connectivity index (χ4n) is 3.17. The number of nitrogens with two attached hydrogens (primary N) is 1. The number of ether oxygens (including phenoxy) is 1. The molecule has 1 amide bonds. The Kier molecular flexibility index (Phi) is 7.29. The number of halogens is 1. The van der Waals surface area contributed by atoms with Crippen LogP contribution < -0.4 is 15.8 Å². The van der Waals surface area contributed by atoms with Gasteiger partial charge in [0, 0.05) is 18.8 Å². The highest BCUT2D eigenvalue weighted by atomic mass is 35.5. The van der Waals surface area contributed by atoms with E-state index in [0.29, 0.717) is 36.5 Å². The van der Waals surface area contributed by atoms with Crippen molar-refractivity contribution in [3.8, 4) is 5.75 Å². The number of hydrogen-bond donors (Lipinski definition) is 2. The number of methoxy groups -OCH3 is 1. The molecule has 3 N–H and O–H groups in total. The Balaban J connectivity index is 0.00000280. The van der Waals surface area contributed by atoms with Gasteiger partial charge in [0.2, 0.25) is 15.9 Å². The van der Waals surface area contributed by atoms with Crippen molar-refractivity contribution >= 4 is 39.7 Å². The molecule has 1 heterocycles. The van der Waals surface area contributed by atoms with Gasteiger partial charge in [-0.3, -0.25) is 4.79 Å². The number of piperidine rings is 1. The van der Waals surface area contributed by atoms with Gasteiger partial charge in [-0.25, -0.2) is 8.42 Å². The van der Waals surface area contributed by atoms with Crippen LogP contribution in [0, 0.1) is 5.92 Å². The standard InChI is InChI=1S/C19H23N3O4S.ClH/c1-26-18-10-9-15(12-17(18)20)21-19(23)14-6-5-11-22(13-14)27(24,25)16-7-3-2-4-8-16;/h2-4,7-10,12,14H,5-6,11,13,20H2,1H3,(H,21,23);1H. The molecule has 152 valence electrons. The van der Waals surface area contributed by atoms with Crippen LogP contribution in [0.15, 0.2) is 53.4 Å². The maximum Gasteiger partial charge on any atom is 0.243 e. The van der Waals surface area contributed by atoms with Crippen LogP contribution in [-0.4, -0.2) is 38.8 Å². The molecular weight excluding hydrogens is 402 g/mol. The van der Waals surface area contributed by atoms with E-state index in [1.807, 2.05) is 0 Å². The predicted molar refractivity (Wildman–Crippen MR) is 111 cm³/mol. The largest absolute Gasteiger partial charge is 0.495 e. The minimum atomic E-state index is -3.60. The Morgan fingerprint density at radius 3 is 2.57 bits per heavy atom. The van der Waals surface area contributed by atoms with Gasteiger partial charge in [0.25, 0.3) is 0 Å². The zero-order valence-corrected chi connectivity index (χ0v) is 17.1. The summed E-state index contributed by atoms with van der Waals surface area (Å²) in [6.07, 6.45) is 1.27. The van der Waals surface area contributed by atoms with Gasteiger partial charge in [0.1, 0.15) is 5.75 Å². The summed E-state index contributed by atoms with van der Waals surface area (Å²) in [5.41, 5.74) is 6.85. The molecule has 0 bridgehead atoms. The second-order valence-corrected chi connectivity index (χ2v) is 8.40. The maximum atomic E-state index is 12.8. The lowest BCUT2D eigenvalue weighted by molar-refractivity contribution is -0.120. The molecule has 0 radical (unpaired) electrons. The van der Waals surface area contributed by atoms with E-state index in [0.717, 1.165) is 0 Å². The number of carbonyl (C=O) groups is 1. The average molecular weight is 426 g/mol. The molecule has 1 aliphatic rings. The van der Waals surface area contributed by atoms with Crippen molar-refractivity contribution in [1.29, 1.82) is 0 Å². The number of nitrogens with zero attached hydrogens (tertiary/aromatic N) is 1. The Morgan fingerprint density at radius 2 is 1.93 bits per heavy atom. The summed E-state index contributed by atoms with van der Waals surface area (Å²) in [5, 5.41) is 2.82. The minimum Gasteiger partial charge on any atom is -0.495 e. The second kappa shape index (κ2) is 9.27. The fraction of sp³-hybridized carbons (Fsp3) is 0.316. The van der Waals surface area contributed by atoms with Gasteiger partial charge in [-0.05, 0) is 43.2 Å². The van der Waals surface area contributed by atoms with Crippen molar-refractivity contribution in [1.82, 2.24) is 4.31 Å². The first-order valence-electron chi connectivity index (χ1n) is 8.71. The second-order valence-electron chi connectivity index (χ2n) is 6.46. The summed E-state index contributed by atoms with van der Waals surface area (Å²) < 4.78 is 32.1. The van der Waals surface area contributed by atoms with Gasteiger partial charge in [0.05, 0.1) is 23.6 Å². The van der Waals surface area contributed by atoms with Crippen LogP contribution in [0.25, 0.3) is 0 Å². The average Bonchev–Trinajstić information content (AvgIpc) is 2.69. The van der Waals surface area contributed by atoms with E-state index in [9.17, 15) is 13.2 Å². The molecule has 1 fully saturated rings. The zero-order chi connectivity index (χ0) is 19.4. The summed E-state index contributed by atoms with van der Waals surface area (Å²) in [6.45, 7) is 0.575. The number of anilines is 2. The summed E-state index contributed by atoms with van der Waals surface area (Å²) in [7, 11) is -2.08. The van der Waals surface area contributed by atoms with Gasteiger partial charge in [-0.2, -0.15) is 4.31 Å². The van der Waals surface area contributed by atoms with Crippen LogP contribution in [0.1, 0.15) is 12.8 Å².